The molecule has 0 bridgehead atoms. The molecule has 0 radical (unpaired) electrons. The average Bonchev–Trinajstić information content (AvgIpc) is 3.04. The van der Waals surface area contributed by atoms with Crippen LogP contribution in [0.2, 0.25) is 0 Å². The van der Waals surface area contributed by atoms with Crippen molar-refractivity contribution in [3.05, 3.63) is 29.3 Å². The highest BCUT2D eigenvalue weighted by atomic mass is 16.5. The smallest absolute Gasteiger partial charge is 0.262 e. The number of nitrogens with zero attached hydrogens (tertiary/aromatic N) is 1. The molecule has 4 amide bonds. The number of benzene rings is 1. The van der Waals surface area contributed by atoms with Crippen molar-refractivity contribution >= 4 is 23.6 Å². The van der Waals surface area contributed by atoms with Gasteiger partial charge in [-0.2, -0.15) is 0 Å². The largest absolute Gasteiger partial charge is 0.494 e. The first kappa shape index (κ1) is 24.9. The molecular weight excluding hydrogens is 422 g/mol. The molecule has 8 heteroatoms. The molecule has 33 heavy (non-hydrogen) atoms. The van der Waals surface area contributed by atoms with Gasteiger partial charge in [0.25, 0.3) is 11.8 Å². The summed E-state index contributed by atoms with van der Waals surface area (Å²) in [5.74, 6) is -1.48. The van der Waals surface area contributed by atoms with E-state index in [0.29, 0.717) is 12.4 Å². The van der Waals surface area contributed by atoms with E-state index in [-0.39, 0.29) is 29.9 Å². The summed E-state index contributed by atoms with van der Waals surface area (Å²) in [4.78, 5) is 50.0. The van der Waals surface area contributed by atoms with Gasteiger partial charge in [0.15, 0.2) is 0 Å². The lowest BCUT2D eigenvalue weighted by atomic mass is 10.0. The van der Waals surface area contributed by atoms with E-state index in [0.717, 1.165) is 30.7 Å². The Bertz CT molecular complexity index is 870. The van der Waals surface area contributed by atoms with Gasteiger partial charge in [-0.15, -0.1) is 0 Å². The van der Waals surface area contributed by atoms with Crippen LogP contribution in [0.4, 0.5) is 0 Å². The van der Waals surface area contributed by atoms with Crippen LogP contribution in [0, 0.1) is 0 Å². The zero-order valence-electron chi connectivity index (χ0n) is 19.3. The molecule has 1 atom stereocenters. The number of ether oxygens (including phenoxy) is 1. The maximum absolute atomic E-state index is 12.8. The molecule has 0 aromatic heterocycles. The number of hydrogen-bond acceptors (Lipinski definition) is 6. The monoisotopic (exact) mass is 457 g/mol. The van der Waals surface area contributed by atoms with Crippen molar-refractivity contribution in [2.45, 2.75) is 83.1 Å². The molecule has 3 N–H and O–H groups in total. The van der Waals surface area contributed by atoms with Gasteiger partial charge in [0, 0.05) is 6.42 Å². The summed E-state index contributed by atoms with van der Waals surface area (Å²) < 4.78 is 5.80. The molecule has 1 fully saturated rings. The van der Waals surface area contributed by atoms with E-state index >= 15 is 0 Å². The van der Waals surface area contributed by atoms with Crippen molar-refractivity contribution in [1.82, 2.24) is 10.2 Å². The van der Waals surface area contributed by atoms with Crippen molar-refractivity contribution in [3.8, 4) is 5.75 Å². The Morgan fingerprint density at radius 3 is 2.09 bits per heavy atom. The van der Waals surface area contributed by atoms with Crippen molar-refractivity contribution in [3.63, 3.8) is 0 Å². The molecule has 2 aliphatic rings. The number of carbonyl (C=O) groups is 4. The molecule has 1 aromatic carbocycles. The van der Waals surface area contributed by atoms with Gasteiger partial charge in [0.1, 0.15) is 11.8 Å². The van der Waals surface area contributed by atoms with E-state index in [1.807, 2.05) is 0 Å². The van der Waals surface area contributed by atoms with Crippen LogP contribution in [0.3, 0.4) is 0 Å². The molecule has 0 saturated carbocycles. The Morgan fingerprint density at radius 2 is 1.45 bits per heavy atom. The second-order valence-electron chi connectivity index (χ2n) is 8.83. The van der Waals surface area contributed by atoms with Crippen molar-refractivity contribution in [2.24, 2.45) is 5.73 Å². The van der Waals surface area contributed by atoms with E-state index in [1.165, 1.54) is 44.9 Å². The van der Waals surface area contributed by atoms with Gasteiger partial charge in [-0.3, -0.25) is 29.4 Å². The van der Waals surface area contributed by atoms with Crippen molar-refractivity contribution in [2.75, 3.05) is 13.2 Å². The first-order valence-electron chi connectivity index (χ1n) is 12.2. The topological polar surface area (TPSA) is 119 Å². The predicted octanol–water partition coefficient (Wildman–Crippen LogP) is 3.33. The van der Waals surface area contributed by atoms with Crippen molar-refractivity contribution in [1.29, 1.82) is 0 Å². The summed E-state index contributed by atoms with van der Waals surface area (Å²) in [7, 11) is 0. The number of hydrogen-bond donors (Lipinski definition) is 2. The lowest BCUT2D eigenvalue weighted by molar-refractivity contribution is -0.136. The van der Waals surface area contributed by atoms with Gasteiger partial charge >= 0.3 is 0 Å². The van der Waals surface area contributed by atoms with Gasteiger partial charge in [-0.05, 0) is 44.0 Å². The van der Waals surface area contributed by atoms with Crippen molar-refractivity contribution < 1.29 is 23.9 Å². The third kappa shape index (κ3) is 6.63. The van der Waals surface area contributed by atoms with E-state index in [4.69, 9.17) is 10.5 Å². The molecule has 8 nitrogen and oxygen atoms in total. The predicted molar refractivity (Wildman–Crippen MR) is 124 cm³/mol. The van der Waals surface area contributed by atoms with Crippen LogP contribution in [-0.4, -0.2) is 47.7 Å². The van der Waals surface area contributed by atoms with E-state index in [2.05, 4.69) is 5.32 Å². The summed E-state index contributed by atoms with van der Waals surface area (Å²) in [5.41, 5.74) is 6.01. The Balaban J connectivity index is 1.38. The van der Waals surface area contributed by atoms with Gasteiger partial charge in [0.05, 0.1) is 17.7 Å². The van der Waals surface area contributed by atoms with Crippen LogP contribution in [-0.2, 0) is 9.59 Å². The molecule has 1 aromatic rings. The summed E-state index contributed by atoms with van der Waals surface area (Å²) in [6, 6.07) is 3.88. The molecule has 2 aliphatic heterocycles. The van der Waals surface area contributed by atoms with Gasteiger partial charge in [-0.1, -0.05) is 51.4 Å². The standard InChI is InChI=1S/C25H35N3O5/c26-15-9-7-5-3-1-2-4-6-8-10-16-33-18-11-12-19-20(17-18)25(32)28(24(19)31)21-13-14-22(29)27-23(21)30/h11-12,17,21H,1-10,13-16,26H2,(H,27,29,30). The van der Waals surface area contributed by atoms with Crippen LogP contribution >= 0.6 is 0 Å². The minimum absolute atomic E-state index is 0.104. The van der Waals surface area contributed by atoms with E-state index in [9.17, 15) is 19.2 Å². The number of fused-ring (bicyclic) bond motifs is 1. The number of nitrogens with one attached hydrogen (secondary N) is 1. The molecule has 1 unspecified atom stereocenters. The molecule has 180 valence electrons. The Morgan fingerprint density at radius 1 is 0.848 bits per heavy atom. The Hall–Kier alpha value is -2.74. The fourth-order valence-electron chi connectivity index (χ4n) is 4.39. The Labute approximate surface area is 195 Å². The summed E-state index contributed by atoms with van der Waals surface area (Å²) in [6.45, 7) is 1.35. The third-order valence-electron chi connectivity index (χ3n) is 6.28. The lowest BCUT2D eigenvalue weighted by Gasteiger charge is -2.27. The number of carbonyl (C=O) groups excluding carboxylic acids is 4. The average molecular weight is 458 g/mol. The zero-order chi connectivity index (χ0) is 23.6. The first-order valence-corrected chi connectivity index (χ1v) is 12.2. The summed E-state index contributed by atoms with van der Waals surface area (Å²) in [5, 5.41) is 2.20. The third-order valence-corrected chi connectivity index (χ3v) is 6.28. The fraction of sp³-hybridized carbons (Fsp3) is 0.600. The summed E-state index contributed by atoms with van der Waals surface area (Å²) >= 11 is 0. The normalized spacial score (nSPS) is 18.0. The second kappa shape index (κ2) is 12.5. The fourth-order valence-corrected chi connectivity index (χ4v) is 4.39. The van der Waals surface area contributed by atoms with Crippen LogP contribution in [0.5, 0.6) is 5.75 Å². The lowest BCUT2D eigenvalue weighted by Crippen LogP contribution is -2.54. The first-order chi connectivity index (χ1) is 16.0. The molecular formula is C25H35N3O5. The SMILES string of the molecule is NCCCCCCCCCCCCOc1ccc2c(c1)C(=O)N(C1CCC(=O)NC1=O)C2=O. The Kier molecular flexibility index (Phi) is 9.42. The number of amides is 4. The maximum Gasteiger partial charge on any atom is 0.262 e. The minimum Gasteiger partial charge on any atom is -0.494 e. The second-order valence-corrected chi connectivity index (χ2v) is 8.83. The van der Waals surface area contributed by atoms with Crippen LogP contribution in [0.25, 0.3) is 0 Å². The van der Waals surface area contributed by atoms with Crippen LogP contribution in [0.1, 0.15) is 97.8 Å². The quantitative estimate of drug-likeness (QED) is 0.327. The van der Waals surface area contributed by atoms with Gasteiger partial charge < -0.3 is 10.5 Å². The minimum atomic E-state index is -0.953. The van der Waals surface area contributed by atoms with E-state index < -0.39 is 23.8 Å². The molecule has 0 spiro atoms. The highest BCUT2D eigenvalue weighted by molar-refractivity contribution is 6.23. The summed E-state index contributed by atoms with van der Waals surface area (Å²) in [6.07, 6.45) is 12.2. The van der Waals surface area contributed by atoms with Gasteiger partial charge in [0.2, 0.25) is 11.8 Å². The van der Waals surface area contributed by atoms with Gasteiger partial charge in [-0.25, -0.2) is 0 Å². The molecule has 0 aliphatic carbocycles. The number of imide groups is 2. The van der Waals surface area contributed by atoms with Crippen LogP contribution < -0.4 is 15.8 Å². The highest BCUT2D eigenvalue weighted by Crippen LogP contribution is 2.30. The zero-order valence-corrected chi connectivity index (χ0v) is 19.3. The number of nitrogens with two attached hydrogens (primary N) is 1. The van der Waals surface area contributed by atoms with Crippen LogP contribution in [0.15, 0.2) is 18.2 Å². The number of rotatable bonds is 14. The maximum atomic E-state index is 12.8. The number of unbranched alkanes of at least 4 members (excludes halogenated alkanes) is 9. The molecule has 3 rings (SSSR count). The molecule has 1 saturated heterocycles. The highest BCUT2D eigenvalue weighted by Gasteiger charge is 2.44. The molecule has 2 heterocycles. The van der Waals surface area contributed by atoms with E-state index in [1.54, 1.807) is 18.2 Å². The number of piperidine rings is 1.